The molecule has 3 N–H and O–H groups in total. The van der Waals surface area contributed by atoms with Crippen molar-refractivity contribution in [2.24, 2.45) is 0 Å². The molecule has 1 aromatic carbocycles. The van der Waals surface area contributed by atoms with Crippen LogP contribution in [0.1, 0.15) is 20.9 Å². The predicted octanol–water partition coefficient (Wildman–Crippen LogP) is 3.07. The first-order valence-corrected chi connectivity index (χ1v) is 6.65. The van der Waals surface area contributed by atoms with E-state index in [1.54, 1.807) is 23.5 Å². The van der Waals surface area contributed by atoms with Gasteiger partial charge in [0.05, 0.1) is 0 Å². The van der Waals surface area contributed by atoms with E-state index in [-0.39, 0.29) is 11.5 Å². The zero-order valence-corrected chi connectivity index (χ0v) is 11.3. The molecule has 3 nitrogen and oxygen atoms in total. The summed E-state index contributed by atoms with van der Waals surface area (Å²) in [5.41, 5.74) is 2.29. The normalized spacial score (nSPS) is 10.8. The van der Waals surface area contributed by atoms with Gasteiger partial charge in [-0.05, 0) is 43.2 Å². The van der Waals surface area contributed by atoms with Gasteiger partial charge in [0, 0.05) is 22.8 Å². The first-order chi connectivity index (χ1) is 8.56. The minimum Gasteiger partial charge on any atom is -0.504 e. The van der Waals surface area contributed by atoms with E-state index in [1.165, 1.54) is 21.4 Å². The molecule has 1 aromatic heterocycles. The Balaban J connectivity index is 1.90. The van der Waals surface area contributed by atoms with E-state index in [0.717, 1.165) is 12.1 Å². The van der Waals surface area contributed by atoms with Gasteiger partial charge in [-0.1, -0.05) is 6.07 Å². The lowest BCUT2D eigenvalue weighted by Crippen LogP contribution is -2.11. The van der Waals surface area contributed by atoms with Gasteiger partial charge in [-0.25, -0.2) is 0 Å². The Labute approximate surface area is 111 Å². The van der Waals surface area contributed by atoms with Crippen LogP contribution in [0.2, 0.25) is 0 Å². The minimum atomic E-state index is -0.0803. The largest absolute Gasteiger partial charge is 0.504 e. The maximum absolute atomic E-state index is 9.38. The van der Waals surface area contributed by atoms with E-state index < -0.39 is 0 Å². The van der Waals surface area contributed by atoms with Gasteiger partial charge in [-0.2, -0.15) is 0 Å². The number of nitrogens with one attached hydrogen (secondary N) is 1. The van der Waals surface area contributed by atoms with Crippen LogP contribution in [0, 0.1) is 13.8 Å². The van der Waals surface area contributed by atoms with Crippen LogP contribution >= 0.6 is 11.3 Å². The molecule has 18 heavy (non-hydrogen) atoms. The molecule has 2 aromatic rings. The van der Waals surface area contributed by atoms with Gasteiger partial charge in [0.25, 0.3) is 0 Å². The van der Waals surface area contributed by atoms with Crippen molar-refractivity contribution in [1.82, 2.24) is 5.32 Å². The number of thiophene rings is 1. The summed E-state index contributed by atoms with van der Waals surface area (Å²) >= 11 is 1.80. The number of aromatic hydroxyl groups is 2. The second-order valence-corrected chi connectivity index (χ2v) is 5.72. The van der Waals surface area contributed by atoms with Crippen molar-refractivity contribution in [2.75, 3.05) is 0 Å². The van der Waals surface area contributed by atoms with E-state index in [2.05, 4.69) is 25.2 Å². The molecule has 0 saturated heterocycles. The van der Waals surface area contributed by atoms with Gasteiger partial charge in [-0.15, -0.1) is 11.3 Å². The fourth-order valence-electron chi connectivity index (χ4n) is 1.75. The highest BCUT2D eigenvalue weighted by atomic mass is 32.1. The third-order valence-corrected chi connectivity index (χ3v) is 4.04. The molecule has 0 unspecified atom stereocenters. The molecule has 0 aliphatic heterocycles. The monoisotopic (exact) mass is 263 g/mol. The zero-order chi connectivity index (χ0) is 13.1. The van der Waals surface area contributed by atoms with Gasteiger partial charge in [0.1, 0.15) is 0 Å². The Bertz CT molecular complexity index is 529. The molecule has 0 aliphatic carbocycles. The Morgan fingerprint density at radius 1 is 1.06 bits per heavy atom. The highest BCUT2D eigenvalue weighted by Gasteiger charge is 2.03. The molecule has 0 radical (unpaired) electrons. The SMILES string of the molecule is Cc1cc(CNCc2ccc(O)c(O)c2)sc1C. The van der Waals surface area contributed by atoms with Crippen molar-refractivity contribution in [2.45, 2.75) is 26.9 Å². The van der Waals surface area contributed by atoms with Gasteiger partial charge in [0.15, 0.2) is 11.5 Å². The molecule has 0 spiro atoms. The van der Waals surface area contributed by atoms with Crippen LogP contribution in [0.25, 0.3) is 0 Å². The van der Waals surface area contributed by atoms with Crippen LogP contribution in [0.5, 0.6) is 11.5 Å². The summed E-state index contributed by atoms with van der Waals surface area (Å²) in [5, 5.41) is 21.9. The zero-order valence-electron chi connectivity index (χ0n) is 10.5. The highest BCUT2D eigenvalue weighted by molar-refractivity contribution is 7.12. The van der Waals surface area contributed by atoms with Gasteiger partial charge >= 0.3 is 0 Å². The molecule has 0 amide bonds. The van der Waals surface area contributed by atoms with E-state index in [9.17, 15) is 10.2 Å². The maximum Gasteiger partial charge on any atom is 0.157 e. The smallest absolute Gasteiger partial charge is 0.157 e. The fourth-order valence-corrected chi connectivity index (χ4v) is 2.77. The molecule has 0 bridgehead atoms. The van der Waals surface area contributed by atoms with Gasteiger partial charge in [-0.3, -0.25) is 0 Å². The third kappa shape index (κ3) is 3.03. The lowest BCUT2D eigenvalue weighted by atomic mass is 10.2. The van der Waals surface area contributed by atoms with Crippen molar-refractivity contribution in [1.29, 1.82) is 0 Å². The second kappa shape index (κ2) is 5.42. The van der Waals surface area contributed by atoms with Crippen LogP contribution < -0.4 is 5.32 Å². The fraction of sp³-hybridized carbons (Fsp3) is 0.286. The third-order valence-electron chi connectivity index (χ3n) is 2.89. The summed E-state index contributed by atoms with van der Waals surface area (Å²) in [6, 6.07) is 7.08. The number of phenolic OH excluding ortho intramolecular Hbond substituents is 2. The topological polar surface area (TPSA) is 52.5 Å². The molecular formula is C14H17NO2S. The van der Waals surface area contributed by atoms with Crippen molar-refractivity contribution >= 4 is 11.3 Å². The number of hydrogen-bond donors (Lipinski definition) is 3. The maximum atomic E-state index is 9.38. The molecule has 1 heterocycles. The predicted molar refractivity (Wildman–Crippen MR) is 74.1 cm³/mol. The second-order valence-electron chi connectivity index (χ2n) is 4.38. The number of hydrogen-bond acceptors (Lipinski definition) is 4. The molecule has 4 heteroatoms. The molecule has 0 aliphatic rings. The summed E-state index contributed by atoms with van der Waals surface area (Å²) in [6.45, 7) is 5.74. The Kier molecular flexibility index (Phi) is 3.89. The van der Waals surface area contributed by atoms with Gasteiger partial charge in [0.2, 0.25) is 0 Å². The number of benzene rings is 1. The van der Waals surface area contributed by atoms with E-state index in [1.807, 2.05) is 0 Å². The van der Waals surface area contributed by atoms with E-state index in [4.69, 9.17) is 0 Å². The van der Waals surface area contributed by atoms with Crippen LogP contribution in [0.15, 0.2) is 24.3 Å². The van der Waals surface area contributed by atoms with Crippen LogP contribution in [-0.2, 0) is 13.1 Å². The number of rotatable bonds is 4. The average molecular weight is 263 g/mol. The molecule has 2 rings (SSSR count). The standard InChI is InChI=1S/C14H17NO2S/c1-9-5-12(18-10(9)2)8-15-7-11-3-4-13(16)14(17)6-11/h3-6,15-17H,7-8H2,1-2H3. The molecular weight excluding hydrogens is 246 g/mol. The lowest BCUT2D eigenvalue weighted by Gasteiger charge is -2.05. The van der Waals surface area contributed by atoms with E-state index in [0.29, 0.717) is 6.54 Å². The van der Waals surface area contributed by atoms with Crippen LogP contribution in [-0.4, -0.2) is 10.2 Å². The average Bonchev–Trinajstić information content (AvgIpc) is 2.63. The summed E-state index contributed by atoms with van der Waals surface area (Å²) in [4.78, 5) is 2.67. The summed E-state index contributed by atoms with van der Waals surface area (Å²) in [7, 11) is 0. The Hall–Kier alpha value is -1.52. The van der Waals surface area contributed by atoms with Crippen LogP contribution in [0.4, 0.5) is 0 Å². The van der Waals surface area contributed by atoms with E-state index >= 15 is 0 Å². The summed E-state index contributed by atoms with van der Waals surface area (Å²) in [6.07, 6.45) is 0. The Morgan fingerprint density at radius 2 is 1.83 bits per heavy atom. The Morgan fingerprint density at radius 3 is 2.44 bits per heavy atom. The van der Waals surface area contributed by atoms with Crippen molar-refractivity contribution in [3.05, 3.63) is 45.1 Å². The minimum absolute atomic E-state index is 0.0721. The number of phenols is 2. The quantitative estimate of drug-likeness (QED) is 0.743. The van der Waals surface area contributed by atoms with Crippen molar-refractivity contribution < 1.29 is 10.2 Å². The van der Waals surface area contributed by atoms with Crippen LogP contribution in [0.3, 0.4) is 0 Å². The molecule has 0 fully saturated rings. The highest BCUT2D eigenvalue weighted by Crippen LogP contribution is 2.25. The summed E-state index contributed by atoms with van der Waals surface area (Å²) in [5.74, 6) is -0.152. The molecule has 96 valence electrons. The number of aryl methyl sites for hydroxylation is 2. The molecule has 0 atom stereocenters. The van der Waals surface area contributed by atoms with Crippen molar-refractivity contribution in [3.63, 3.8) is 0 Å². The molecule has 0 saturated carbocycles. The first-order valence-electron chi connectivity index (χ1n) is 5.84. The van der Waals surface area contributed by atoms with Crippen molar-refractivity contribution in [3.8, 4) is 11.5 Å². The lowest BCUT2D eigenvalue weighted by molar-refractivity contribution is 0.403. The van der Waals surface area contributed by atoms with Gasteiger partial charge < -0.3 is 15.5 Å². The first kappa shape index (κ1) is 12.9. The summed E-state index contributed by atoms with van der Waals surface area (Å²) < 4.78 is 0.